The van der Waals surface area contributed by atoms with E-state index in [4.69, 9.17) is 0 Å². The van der Waals surface area contributed by atoms with Crippen LogP contribution >= 0.6 is 0 Å². The van der Waals surface area contributed by atoms with Crippen LogP contribution in [0.4, 0.5) is 16.0 Å². The van der Waals surface area contributed by atoms with Crippen molar-refractivity contribution in [1.29, 1.82) is 0 Å². The van der Waals surface area contributed by atoms with Gasteiger partial charge in [0.2, 0.25) is 5.95 Å². The first-order chi connectivity index (χ1) is 13.0. The molecule has 0 saturated carbocycles. The Labute approximate surface area is 155 Å². The molecule has 0 fully saturated rings. The SMILES string of the molecule is CC(=O)c1cccc(Nc2nccc(C(=O)NCc3ccc(F)cc3)n2)c1. The molecular weight excluding hydrogens is 347 g/mol. The number of benzene rings is 2. The number of rotatable bonds is 6. The molecule has 0 radical (unpaired) electrons. The Bertz CT molecular complexity index is 974. The van der Waals surface area contributed by atoms with E-state index in [1.165, 1.54) is 31.3 Å². The molecule has 0 aliphatic carbocycles. The van der Waals surface area contributed by atoms with Gasteiger partial charge < -0.3 is 10.6 Å². The monoisotopic (exact) mass is 364 g/mol. The van der Waals surface area contributed by atoms with E-state index < -0.39 is 0 Å². The fourth-order valence-electron chi connectivity index (χ4n) is 2.37. The predicted molar refractivity (Wildman–Crippen MR) is 99.3 cm³/mol. The zero-order chi connectivity index (χ0) is 19.2. The molecule has 0 aliphatic rings. The van der Waals surface area contributed by atoms with E-state index in [9.17, 15) is 14.0 Å². The van der Waals surface area contributed by atoms with Crippen LogP contribution in [-0.4, -0.2) is 21.7 Å². The highest BCUT2D eigenvalue weighted by Crippen LogP contribution is 2.15. The van der Waals surface area contributed by atoms with Crippen molar-refractivity contribution >= 4 is 23.3 Å². The summed E-state index contributed by atoms with van der Waals surface area (Å²) in [6, 6.07) is 14.3. The number of amides is 1. The van der Waals surface area contributed by atoms with Crippen LogP contribution in [0, 0.1) is 5.82 Å². The summed E-state index contributed by atoms with van der Waals surface area (Å²) in [6.45, 7) is 1.74. The lowest BCUT2D eigenvalue weighted by atomic mass is 10.1. The molecule has 0 unspecified atom stereocenters. The number of nitrogens with zero attached hydrogens (tertiary/aromatic N) is 2. The first-order valence-corrected chi connectivity index (χ1v) is 8.25. The first kappa shape index (κ1) is 18.2. The van der Waals surface area contributed by atoms with E-state index in [2.05, 4.69) is 20.6 Å². The lowest BCUT2D eigenvalue weighted by Crippen LogP contribution is -2.24. The van der Waals surface area contributed by atoms with E-state index in [-0.39, 0.29) is 35.7 Å². The molecular formula is C20H17FN4O2. The highest BCUT2D eigenvalue weighted by atomic mass is 19.1. The van der Waals surface area contributed by atoms with Crippen LogP contribution in [0.25, 0.3) is 0 Å². The Hall–Kier alpha value is -3.61. The second-order valence-electron chi connectivity index (χ2n) is 5.84. The summed E-state index contributed by atoms with van der Waals surface area (Å²) in [5, 5.41) is 5.70. The van der Waals surface area contributed by atoms with E-state index in [0.717, 1.165) is 5.56 Å². The second kappa shape index (κ2) is 8.18. The Balaban J connectivity index is 1.67. The zero-order valence-electron chi connectivity index (χ0n) is 14.6. The van der Waals surface area contributed by atoms with Crippen molar-refractivity contribution in [1.82, 2.24) is 15.3 Å². The fraction of sp³-hybridized carbons (Fsp3) is 0.100. The molecule has 136 valence electrons. The smallest absolute Gasteiger partial charge is 0.270 e. The number of aromatic nitrogens is 2. The zero-order valence-corrected chi connectivity index (χ0v) is 14.6. The number of hydrogen-bond donors (Lipinski definition) is 2. The van der Waals surface area contributed by atoms with Crippen LogP contribution in [-0.2, 0) is 6.54 Å². The van der Waals surface area contributed by atoms with Crippen LogP contribution in [0.15, 0.2) is 60.8 Å². The third-order valence-electron chi connectivity index (χ3n) is 3.78. The maximum Gasteiger partial charge on any atom is 0.270 e. The third-order valence-corrected chi connectivity index (χ3v) is 3.78. The third kappa shape index (κ3) is 4.94. The minimum atomic E-state index is -0.373. The molecule has 0 bridgehead atoms. The molecule has 2 aromatic carbocycles. The van der Waals surface area contributed by atoms with Gasteiger partial charge in [0, 0.05) is 24.0 Å². The normalized spacial score (nSPS) is 10.3. The standard InChI is InChI=1S/C20H17FN4O2/c1-13(26)15-3-2-4-17(11-15)24-20-22-10-9-18(25-20)19(27)23-12-14-5-7-16(21)8-6-14/h2-11H,12H2,1H3,(H,23,27)(H,22,24,25). The Morgan fingerprint density at radius 2 is 1.85 bits per heavy atom. The summed E-state index contributed by atoms with van der Waals surface area (Å²) in [5.74, 6) is -0.508. The average molecular weight is 364 g/mol. The van der Waals surface area contributed by atoms with Crippen molar-refractivity contribution in [3.8, 4) is 0 Å². The lowest BCUT2D eigenvalue weighted by molar-refractivity contribution is 0.0945. The first-order valence-electron chi connectivity index (χ1n) is 8.25. The highest BCUT2D eigenvalue weighted by molar-refractivity contribution is 5.95. The van der Waals surface area contributed by atoms with Crippen LogP contribution in [0.2, 0.25) is 0 Å². The number of carbonyl (C=O) groups is 2. The number of halogens is 1. The van der Waals surface area contributed by atoms with E-state index in [0.29, 0.717) is 11.3 Å². The van der Waals surface area contributed by atoms with Gasteiger partial charge in [-0.1, -0.05) is 24.3 Å². The Morgan fingerprint density at radius 3 is 2.59 bits per heavy atom. The van der Waals surface area contributed by atoms with Gasteiger partial charge in [-0.25, -0.2) is 14.4 Å². The molecule has 0 saturated heterocycles. The van der Waals surface area contributed by atoms with Crippen molar-refractivity contribution in [3.63, 3.8) is 0 Å². The molecule has 1 aromatic heterocycles. The van der Waals surface area contributed by atoms with Gasteiger partial charge in [0.15, 0.2) is 5.78 Å². The molecule has 6 nitrogen and oxygen atoms in total. The molecule has 0 atom stereocenters. The number of ketones is 1. The summed E-state index contributed by atoms with van der Waals surface area (Å²) in [6.07, 6.45) is 1.47. The van der Waals surface area contributed by atoms with E-state index >= 15 is 0 Å². The molecule has 0 aliphatic heterocycles. The minimum Gasteiger partial charge on any atom is -0.347 e. The largest absolute Gasteiger partial charge is 0.347 e. The maximum atomic E-state index is 12.9. The van der Waals surface area contributed by atoms with Crippen molar-refractivity contribution in [2.24, 2.45) is 0 Å². The summed E-state index contributed by atoms with van der Waals surface area (Å²) in [7, 11) is 0. The number of Topliss-reactive ketones (excluding diaryl/α,β-unsaturated/α-hetero) is 1. The van der Waals surface area contributed by atoms with Gasteiger partial charge in [-0.15, -0.1) is 0 Å². The number of hydrogen-bond acceptors (Lipinski definition) is 5. The van der Waals surface area contributed by atoms with Gasteiger partial charge in [0.25, 0.3) is 5.91 Å². The molecule has 27 heavy (non-hydrogen) atoms. The topological polar surface area (TPSA) is 84.0 Å². The van der Waals surface area contributed by atoms with Crippen molar-refractivity contribution in [3.05, 3.63) is 83.4 Å². The van der Waals surface area contributed by atoms with Crippen molar-refractivity contribution in [2.75, 3.05) is 5.32 Å². The molecule has 1 heterocycles. The van der Waals surface area contributed by atoms with Gasteiger partial charge >= 0.3 is 0 Å². The summed E-state index contributed by atoms with van der Waals surface area (Å²) < 4.78 is 12.9. The second-order valence-corrected chi connectivity index (χ2v) is 5.84. The summed E-state index contributed by atoms with van der Waals surface area (Å²) >= 11 is 0. The molecule has 1 amide bonds. The van der Waals surface area contributed by atoms with Gasteiger partial charge in [-0.05, 0) is 42.8 Å². The van der Waals surface area contributed by atoms with E-state index in [1.54, 1.807) is 36.4 Å². The van der Waals surface area contributed by atoms with Crippen molar-refractivity contribution in [2.45, 2.75) is 13.5 Å². The number of anilines is 2. The minimum absolute atomic E-state index is 0.0477. The van der Waals surface area contributed by atoms with Gasteiger partial charge in [0.05, 0.1) is 0 Å². The van der Waals surface area contributed by atoms with E-state index in [1.807, 2.05) is 0 Å². The maximum absolute atomic E-state index is 12.9. The van der Waals surface area contributed by atoms with Gasteiger partial charge in [-0.2, -0.15) is 0 Å². The fourth-order valence-corrected chi connectivity index (χ4v) is 2.37. The summed E-state index contributed by atoms with van der Waals surface area (Å²) in [4.78, 5) is 32.0. The average Bonchev–Trinajstić information content (AvgIpc) is 2.67. The van der Waals surface area contributed by atoms with Crippen molar-refractivity contribution < 1.29 is 14.0 Å². The number of carbonyl (C=O) groups excluding carboxylic acids is 2. The molecule has 3 rings (SSSR count). The molecule has 7 heteroatoms. The number of nitrogens with one attached hydrogen (secondary N) is 2. The highest BCUT2D eigenvalue weighted by Gasteiger charge is 2.09. The lowest BCUT2D eigenvalue weighted by Gasteiger charge is -2.08. The molecule has 3 aromatic rings. The van der Waals surface area contributed by atoms with Crippen LogP contribution < -0.4 is 10.6 Å². The van der Waals surface area contributed by atoms with Gasteiger partial charge in [0.1, 0.15) is 11.5 Å². The molecule has 0 spiro atoms. The quantitative estimate of drug-likeness (QED) is 0.654. The Morgan fingerprint density at radius 1 is 1.07 bits per heavy atom. The van der Waals surface area contributed by atoms with Gasteiger partial charge in [-0.3, -0.25) is 9.59 Å². The van der Waals surface area contributed by atoms with Crippen LogP contribution in [0.5, 0.6) is 0 Å². The summed E-state index contributed by atoms with van der Waals surface area (Å²) in [5.41, 5.74) is 2.18. The Kier molecular flexibility index (Phi) is 5.51. The van der Waals surface area contributed by atoms with Crippen LogP contribution in [0.1, 0.15) is 33.3 Å². The van der Waals surface area contributed by atoms with Crippen LogP contribution in [0.3, 0.4) is 0 Å². The predicted octanol–water partition coefficient (Wildman–Crippen LogP) is 3.49. The molecule has 2 N–H and O–H groups in total.